The van der Waals surface area contributed by atoms with Gasteiger partial charge in [-0.3, -0.25) is 4.79 Å². The maximum Gasteiger partial charge on any atom is 0.225 e. The largest absolute Gasteiger partial charge is 0.496 e. The van der Waals surface area contributed by atoms with Gasteiger partial charge in [0.25, 0.3) is 0 Å². The maximum atomic E-state index is 12.8. The summed E-state index contributed by atoms with van der Waals surface area (Å²) >= 11 is 0. The number of benzene rings is 1. The van der Waals surface area contributed by atoms with Crippen molar-refractivity contribution >= 4 is 17.1 Å². The Morgan fingerprint density at radius 1 is 1.21 bits per heavy atom. The normalized spacial score (nSPS) is 12.3. The molecule has 0 saturated heterocycles. The zero-order chi connectivity index (χ0) is 20.1. The van der Waals surface area contributed by atoms with E-state index in [1.165, 1.54) is 0 Å². The predicted molar refractivity (Wildman–Crippen MR) is 110 cm³/mol. The molecule has 6 heteroatoms. The van der Waals surface area contributed by atoms with Gasteiger partial charge in [-0.05, 0) is 37.5 Å². The molecule has 0 saturated carbocycles. The van der Waals surface area contributed by atoms with E-state index in [1.54, 1.807) is 13.3 Å². The number of methoxy groups -OCH3 is 1. The van der Waals surface area contributed by atoms with Crippen LogP contribution in [0.3, 0.4) is 0 Å². The number of imidazole rings is 1. The number of nitrogens with zero attached hydrogens (tertiary/aromatic N) is 3. The smallest absolute Gasteiger partial charge is 0.225 e. The first-order valence-corrected chi connectivity index (χ1v) is 9.75. The minimum atomic E-state index is -0.170. The average Bonchev–Trinajstić information content (AvgIpc) is 3.06. The quantitative estimate of drug-likeness (QED) is 0.643. The first kappa shape index (κ1) is 19.9. The zero-order valence-electron chi connectivity index (χ0n) is 17.0. The van der Waals surface area contributed by atoms with Crippen LogP contribution in [0, 0.1) is 5.92 Å². The number of rotatable bonds is 8. The van der Waals surface area contributed by atoms with Gasteiger partial charge in [-0.2, -0.15) is 0 Å². The molecule has 6 nitrogen and oxygen atoms in total. The average molecular weight is 380 g/mol. The Bertz CT molecular complexity index is 949. The lowest BCUT2D eigenvalue weighted by atomic mass is 10.0. The van der Waals surface area contributed by atoms with Crippen molar-refractivity contribution in [1.82, 2.24) is 19.9 Å². The van der Waals surface area contributed by atoms with Crippen molar-refractivity contribution in [3.05, 3.63) is 54.0 Å². The van der Waals surface area contributed by atoms with Gasteiger partial charge in [-0.1, -0.05) is 32.0 Å². The lowest BCUT2D eigenvalue weighted by Gasteiger charge is -2.21. The Kier molecular flexibility index (Phi) is 6.29. The highest BCUT2D eigenvalue weighted by Crippen LogP contribution is 2.25. The first-order chi connectivity index (χ1) is 13.5. The van der Waals surface area contributed by atoms with Gasteiger partial charge >= 0.3 is 0 Å². The lowest BCUT2D eigenvalue weighted by Crippen LogP contribution is -2.32. The van der Waals surface area contributed by atoms with E-state index < -0.39 is 0 Å². The van der Waals surface area contributed by atoms with Crippen LogP contribution in [0.15, 0.2) is 42.6 Å². The monoisotopic (exact) mass is 380 g/mol. The second-order valence-electron chi connectivity index (χ2n) is 7.30. The Morgan fingerprint density at radius 3 is 2.71 bits per heavy atom. The molecule has 2 aromatic heterocycles. The van der Waals surface area contributed by atoms with E-state index in [-0.39, 0.29) is 18.4 Å². The molecule has 1 N–H and O–H groups in total. The summed E-state index contributed by atoms with van der Waals surface area (Å²) in [4.78, 5) is 22.1. The SMILES string of the molecule is CCn1c([C@@H](CC(C)C)NC(=O)Cc2ccccc2OC)nc2cccnc21. The minimum Gasteiger partial charge on any atom is -0.496 e. The van der Waals surface area contributed by atoms with Crippen LogP contribution in [0.5, 0.6) is 5.75 Å². The number of amides is 1. The van der Waals surface area contributed by atoms with Crippen LogP contribution in [-0.4, -0.2) is 27.6 Å². The van der Waals surface area contributed by atoms with Crippen LogP contribution in [-0.2, 0) is 17.8 Å². The number of hydrogen-bond donors (Lipinski definition) is 1. The van der Waals surface area contributed by atoms with Crippen molar-refractivity contribution in [3.63, 3.8) is 0 Å². The molecule has 0 unspecified atom stereocenters. The first-order valence-electron chi connectivity index (χ1n) is 9.75. The van der Waals surface area contributed by atoms with Crippen LogP contribution in [0.2, 0.25) is 0 Å². The van der Waals surface area contributed by atoms with Gasteiger partial charge in [0.2, 0.25) is 5.91 Å². The van der Waals surface area contributed by atoms with E-state index in [9.17, 15) is 4.79 Å². The summed E-state index contributed by atoms with van der Waals surface area (Å²) in [5.74, 6) is 1.95. The fraction of sp³-hybridized carbons (Fsp3) is 0.409. The molecule has 0 aliphatic carbocycles. The molecular formula is C22H28N4O2. The van der Waals surface area contributed by atoms with Crippen molar-refractivity contribution in [2.24, 2.45) is 5.92 Å². The number of carbonyl (C=O) groups is 1. The number of aromatic nitrogens is 3. The van der Waals surface area contributed by atoms with E-state index in [1.807, 2.05) is 36.4 Å². The Hall–Kier alpha value is -2.89. The number of fused-ring (bicyclic) bond motifs is 1. The zero-order valence-corrected chi connectivity index (χ0v) is 17.0. The molecule has 0 fully saturated rings. The number of ether oxygens (including phenoxy) is 1. The summed E-state index contributed by atoms with van der Waals surface area (Å²) in [5.41, 5.74) is 2.58. The Labute approximate surface area is 166 Å². The molecular weight excluding hydrogens is 352 g/mol. The standard InChI is InChI=1S/C22H28N4O2/c1-5-26-21-17(10-8-12-23-21)25-22(26)18(13-15(2)3)24-20(27)14-16-9-6-7-11-19(16)28-4/h6-12,15,18H,5,13-14H2,1-4H3,(H,24,27)/t18-/m1/s1. The van der Waals surface area contributed by atoms with Crippen molar-refractivity contribution in [1.29, 1.82) is 0 Å². The second kappa shape index (κ2) is 8.87. The number of aryl methyl sites for hydroxylation is 1. The molecule has 0 spiro atoms. The van der Waals surface area contributed by atoms with E-state index in [2.05, 4.69) is 35.6 Å². The number of para-hydroxylation sites is 1. The van der Waals surface area contributed by atoms with E-state index in [4.69, 9.17) is 9.72 Å². The Balaban J connectivity index is 1.88. The molecule has 28 heavy (non-hydrogen) atoms. The molecule has 1 amide bonds. The summed E-state index contributed by atoms with van der Waals surface area (Å²) < 4.78 is 7.46. The Morgan fingerprint density at radius 2 is 2.00 bits per heavy atom. The fourth-order valence-electron chi connectivity index (χ4n) is 3.52. The number of pyridine rings is 1. The minimum absolute atomic E-state index is 0.0437. The molecule has 1 atom stereocenters. The molecule has 0 radical (unpaired) electrons. The van der Waals surface area contributed by atoms with Gasteiger partial charge in [0, 0.05) is 18.3 Å². The summed E-state index contributed by atoms with van der Waals surface area (Å²) in [7, 11) is 1.62. The maximum absolute atomic E-state index is 12.8. The van der Waals surface area contributed by atoms with Gasteiger partial charge in [-0.25, -0.2) is 9.97 Å². The molecule has 148 valence electrons. The number of carbonyl (C=O) groups excluding carboxylic acids is 1. The molecule has 1 aromatic carbocycles. The van der Waals surface area contributed by atoms with Gasteiger partial charge < -0.3 is 14.6 Å². The summed E-state index contributed by atoms with van der Waals surface area (Å²) in [6, 6.07) is 11.3. The molecule has 3 rings (SSSR count). The van der Waals surface area contributed by atoms with Crippen molar-refractivity contribution in [2.45, 2.75) is 46.2 Å². The highest BCUT2D eigenvalue weighted by Gasteiger charge is 2.23. The molecule has 0 aliphatic rings. The van der Waals surface area contributed by atoms with Crippen LogP contribution >= 0.6 is 0 Å². The van der Waals surface area contributed by atoms with E-state index >= 15 is 0 Å². The van der Waals surface area contributed by atoms with Crippen molar-refractivity contribution in [2.75, 3.05) is 7.11 Å². The van der Waals surface area contributed by atoms with Gasteiger partial charge in [-0.15, -0.1) is 0 Å². The highest BCUT2D eigenvalue weighted by atomic mass is 16.5. The van der Waals surface area contributed by atoms with Crippen molar-refractivity contribution < 1.29 is 9.53 Å². The molecule has 0 bridgehead atoms. The van der Waals surface area contributed by atoms with Gasteiger partial charge in [0.1, 0.15) is 17.1 Å². The van der Waals surface area contributed by atoms with Crippen molar-refractivity contribution in [3.8, 4) is 5.75 Å². The summed E-state index contributed by atoms with van der Waals surface area (Å²) in [5, 5.41) is 3.19. The number of hydrogen-bond acceptors (Lipinski definition) is 4. The third-order valence-corrected chi connectivity index (χ3v) is 4.75. The highest BCUT2D eigenvalue weighted by molar-refractivity contribution is 5.80. The number of nitrogens with one attached hydrogen (secondary N) is 1. The van der Waals surface area contributed by atoms with Gasteiger partial charge in [0.15, 0.2) is 5.65 Å². The van der Waals surface area contributed by atoms with Crippen LogP contribution in [0.1, 0.15) is 44.6 Å². The third kappa shape index (κ3) is 4.32. The van der Waals surface area contributed by atoms with Crippen LogP contribution in [0.25, 0.3) is 11.2 Å². The fourth-order valence-corrected chi connectivity index (χ4v) is 3.52. The predicted octanol–water partition coefficient (Wildman–Crippen LogP) is 3.91. The molecule has 0 aliphatic heterocycles. The third-order valence-electron chi connectivity index (χ3n) is 4.75. The summed E-state index contributed by atoms with van der Waals surface area (Å²) in [6.07, 6.45) is 2.85. The lowest BCUT2D eigenvalue weighted by molar-refractivity contribution is -0.121. The van der Waals surface area contributed by atoms with Gasteiger partial charge in [0.05, 0.1) is 19.6 Å². The topological polar surface area (TPSA) is 69.0 Å². The van der Waals surface area contributed by atoms with Crippen LogP contribution in [0.4, 0.5) is 0 Å². The molecule has 2 heterocycles. The van der Waals surface area contributed by atoms with Crippen LogP contribution < -0.4 is 10.1 Å². The van der Waals surface area contributed by atoms with E-state index in [0.29, 0.717) is 5.92 Å². The van der Waals surface area contributed by atoms with E-state index in [0.717, 1.165) is 41.3 Å². The second-order valence-corrected chi connectivity index (χ2v) is 7.30. The summed E-state index contributed by atoms with van der Waals surface area (Å²) in [6.45, 7) is 7.12. The molecule has 3 aromatic rings.